The van der Waals surface area contributed by atoms with E-state index < -0.39 is 28.2 Å². The Morgan fingerprint density at radius 3 is 2.75 bits per heavy atom. The molecule has 0 aromatic heterocycles. The maximum Gasteiger partial charge on any atom is 0.178 e. The van der Waals surface area contributed by atoms with E-state index >= 15 is 4.39 Å². The lowest BCUT2D eigenvalue weighted by molar-refractivity contribution is -0.160. The number of fused-ring (bicyclic) bond motifs is 3. The largest absolute Gasteiger partial charge is 0.381 e. The van der Waals surface area contributed by atoms with Crippen LogP contribution in [0.4, 0.5) is 4.39 Å². The van der Waals surface area contributed by atoms with Crippen molar-refractivity contribution in [1.29, 1.82) is 0 Å². The fraction of sp³-hybridized carbons (Fsp3) is 0.727. The van der Waals surface area contributed by atoms with Crippen LogP contribution in [0.3, 0.4) is 0 Å². The molecule has 0 bridgehead atoms. The van der Waals surface area contributed by atoms with Crippen molar-refractivity contribution in [3.63, 3.8) is 0 Å². The summed E-state index contributed by atoms with van der Waals surface area (Å²) in [7, 11) is 0. The van der Waals surface area contributed by atoms with Crippen molar-refractivity contribution in [2.24, 2.45) is 28.6 Å². The maximum atomic E-state index is 15.4. The zero-order valence-corrected chi connectivity index (χ0v) is 18.5. The van der Waals surface area contributed by atoms with Crippen LogP contribution in [0.2, 0.25) is 0 Å². The van der Waals surface area contributed by atoms with E-state index in [0.29, 0.717) is 24.8 Å². The molecule has 4 nitrogen and oxygen atoms in total. The van der Waals surface area contributed by atoms with Gasteiger partial charge in [-0.1, -0.05) is 42.5 Å². The molecule has 6 heteroatoms. The summed E-state index contributed by atoms with van der Waals surface area (Å²) in [5, 5.41) is 11.6. The third-order valence-electron chi connectivity index (χ3n) is 9.05. The molecule has 0 aromatic carbocycles. The maximum absolute atomic E-state index is 15.4. The van der Waals surface area contributed by atoms with E-state index in [4.69, 9.17) is 4.74 Å². The molecule has 1 heterocycles. The predicted octanol–water partition coefficient (Wildman–Crippen LogP) is 3.35. The van der Waals surface area contributed by atoms with E-state index in [1.54, 1.807) is 0 Å². The number of aliphatic hydroxyl groups is 1. The van der Waals surface area contributed by atoms with Gasteiger partial charge in [-0.25, -0.2) is 4.39 Å². The number of carbonyl (C=O) groups excluding carboxylic acids is 2. The van der Waals surface area contributed by atoms with Crippen molar-refractivity contribution in [3.05, 3.63) is 23.8 Å². The number of ether oxygens (including phenoxy) is 1. The first kappa shape index (κ1) is 19.4. The van der Waals surface area contributed by atoms with Crippen LogP contribution >= 0.6 is 22.6 Å². The molecule has 5 rings (SSSR count). The number of alkyl halides is 2. The van der Waals surface area contributed by atoms with Gasteiger partial charge < -0.3 is 9.84 Å². The molecule has 4 aliphatic carbocycles. The van der Waals surface area contributed by atoms with Crippen LogP contribution in [0.25, 0.3) is 0 Å². The Hall–Kier alpha value is -0.600. The van der Waals surface area contributed by atoms with E-state index in [2.05, 4.69) is 0 Å². The highest BCUT2D eigenvalue weighted by Gasteiger charge is 2.82. The first-order chi connectivity index (χ1) is 13.1. The number of carbonyl (C=O) groups is 2. The predicted molar refractivity (Wildman–Crippen MR) is 110 cm³/mol. The molecular formula is C22H26FIO4. The topological polar surface area (TPSA) is 66.9 Å². The zero-order chi connectivity index (χ0) is 20.3. The van der Waals surface area contributed by atoms with Crippen molar-refractivity contribution in [2.45, 2.75) is 63.5 Å². The van der Waals surface area contributed by atoms with E-state index in [1.165, 1.54) is 12.2 Å². The van der Waals surface area contributed by atoms with Gasteiger partial charge in [-0.2, -0.15) is 0 Å². The number of Topliss-reactive ketones (excluding diaryl/α,β-unsaturated/α-hetero) is 1. The van der Waals surface area contributed by atoms with Crippen LogP contribution in [-0.2, 0) is 14.3 Å². The van der Waals surface area contributed by atoms with Gasteiger partial charge in [0.15, 0.2) is 11.6 Å². The van der Waals surface area contributed by atoms with Crippen LogP contribution in [0.1, 0.15) is 40.0 Å². The second-order valence-electron chi connectivity index (χ2n) is 9.94. The average Bonchev–Trinajstić information content (AvgIpc) is 3.34. The Bertz CT molecular complexity index is 853. The summed E-state index contributed by atoms with van der Waals surface area (Å²) in [6.45, 7) is 5.96. The third kappa shape index (κ3) is 1.89. The lowest BCUT2D eigenvalue weighted by Crippen LogP contribution is -2.63. The molecule has 0 aromatic rings. The van der Waals surface area contributed by atoms with Gasteiger partial charge in [0.25, 0.3) is 0 Å². The third-order valence-corrected chi connectivity index (χ3v) is 9.74. The summed E-state index contributed by atoms with van der Waals surface area (Å²) < 4.78 is 22.0. The molecule has 1 saturated heterocycles. The zero-order valence-electron chi connectivity index (χ0n) is 16.4. The Morgan fingerprint density at radius 1 is 1.36 bits per heavy atom. The van der Waals surface area contributed by atoms with Crippen LogP contribution < -0.4 is 0 Å². The molecule has 1 aliphatic heterocycles. The quantitative estimate of drug-likeness (QED) is 0.359. The number of allylic oxidation sites excluding steroid dienone is 2. The molecule has 9 atom stereocenters. The fourth-order valence-electron chi connectivity index (χ4n) is 7.67. The monoisotopic (exact) mass is 500 g/mol. The minimum absolute atomic E-state index is 0.0146. The molecule has 0 radical (unpaired) electrons. The summed E-state index contributed by atoms with van der Waals surface area (Å²) in [5.74, 6) is -0.517. The highest BCUT2D eigenvalue weighted by molar-refractivity contribution is 14.1. The van der Waals surface area contributed by atoms with Gasteiger partial charge in [-0.3, -0.25) is 9.59 Å². The van der Waals surface area contributed by atoms with Crippen LogP contribution in [0.5, 0.6) is 0 Å². The van der Waals surface area contributed by atoms with E-state index in [1.807, 2.05) is 49.4 Å². The molecule has 0 amide bonds. The Kier molecular flexibility index (Phi) is 3.84. The molecule has 152 valence electrons. The van der Waals surface area contributed by atoms with Gasteiger partial charge in [0, 0.05) is 10.8 Å². The van der Waals surface area contributed by atoms with Crippen molar-refractivity contribution in [2.75, 3.05) is 4.43 Å². The number of hydrogen-bond acceptors (Lipinski definition) is 4. The number of hydrogen-bond donors (Lipinski definition) is 1. The van der Waals surface area contributed by atoms with Gasteiger partial charge in [-0.05, 0) is 61.7 Å². The van der Waals surface area contributed by atoms with Crippen LogP contribution in [0, 0.1) is 28.6 Å². The van der Waals surface area contributed by atoms with Gasteiger partial charge in [0.1, 0.15) is 17.4 Å². The second kappa shape index (κ2) is 5.55. The lowest BCUT2D eigenvalue weighted by atomic mass is 9.46. The van der Waals surface area contributed by atoms with E-state index in [0.717, 1.165) is 0 Å². The fourth-order valence-corrected chi connectivity index (χ4v) is 8.25. The van der Waals surface area contributed by atoms with Gasteiger partial charge >= 0.3 is 0 Å². The molecule has 28 heavy (non-hydrogen) atoms. The van der Waals surface area contributed by atoms with Gasteiger partial charge in [-0.15, -0.1) is 0 Å². The SMILES string of the molecule is C[C@@H]1CC2C3C[C@H](F)C4=CC(=O)C=C[C@]4(C)[C@@]34O[C@H]4C[C@]2(C)[C@@]1(O)C(=O)CI. The lowest BCUT2D eigenvalue weighted by Gasteiger charge is -2.56. The summed E-state index contributed by atoms with van der Waals surface area (Å²) >= 11 is 2.03. The van der Waals surface area contributed by atoms with E-state index in [-0.39, 0.29) is 39.9 Å². The molecule has 2 unspecified atom stereocenters. The average molecular weight is 500 g/mol. The minimum Gasteiger partial charge on any atom is -0.381 e. The summed E-state index contributed by atoms with van der Waals surface area (Å²) in [5.41, 5.74) is -2.65. The normalized spacial score (nSPS) is 56.3. The molecule has 4 fully saturated rings. The summed E-state index contributed by atoms with van der Waals surface area (Å²) in [4.78, 5) is 24.8. The number of ketones is 2. The highest BCUT2D eigenvalue weighted by Crippen LogP contribution is 2.76. The standard InChI is InChI=1S/C22H26FIO4/c1-11-6-13-14-8-16(23)15-7-12(25)4-5-19(15,2)22(14)18(28-22)9-20(13,3)21(11,27)17(26)10-24/h4-5,7,11,13-14,16,18,27H,6,8-10H2,1-3H3/t11-,13?,14?,16+,18+,19+,20+,21+,22-/m1/s1. The first-order valence-electron chi connectivity index (χ1n) is 10.1. The van der Waals surface area contributed by atoms with Crippen molar-refractivity contribution in [1.82, 2.24) is 0 Å². The van der Waals surface area contributed by atoms with Crippen LogP contribution in [-0.4, -0.2) is 44.6 Å². The minimum atomic E-state index is -1.39. The van der Waals surface area contributed by atoms with Gasteiger partial charge in [0.2, 0.25) is 0 Å². The van der Waals surface area contributed by atoms with Crippen LogP contribution in [0.15, 0.2) is 23.8 Å². The number of halogens is 2. The number of epoxide rings is 1. The van der Waals surface area contributed by atoms with Crippen molar-refractivity contribution in [3.8, 4) is 0 Å². The summed E-state index contributed by atoms with van der Waals surface area (Å²) in [6.07, 6.45) is 5.08. The molecule has 3 saturated carbocycles. The molecule has 5 aliphatic rings. The molecular weight excluding hydrogens is 474 g/mol. The van der Waals surface area contributed by atoms with Crippen molar-refractivity contribution < 1.29 is 23.8 Å². The van der Waals surface area contributed by atoms with Crippen molar-refractivity contribution >= 4 is 34.2 Å². The Balaban J connectivity index is 1.63. The summed E-state index contributed by atoms with van der Waals surface area (Å²) in [6, 6.07) is 0. The first-order valence-corrected chi connectivity index (χ1v) is 11.7. The van der Waals surface area contributed by atoms with Gasteiger partial charge in [0.05, 0.1) is 10.5 Å². The molecule has 1 N–H and O–H groups in total. The van der Waals surface area contributed by atoms with E-state index in [9.17, 15) is 14.7 Å². The number of rotatable bonds is 2. The Labute approximate surface area is 178 Å². The second-order valence-corrected chi connectivity index (χ2v) is 10.7. The Morgan fingerprint density at radius 2 is 2.07 bits per heavy atom. The smallest absolute Gasteiger partial charge is 0.178 e. The highest BCUT2D eigenvalue weighted by atomic mass is 127. The molecule has 1 spiro atoms.